The largest absolute Gasteiger partial charge is 0.478 e. The second-order valence-corrected chi connectivity index (χ2v) is 11.7. The predicted molar refractivity (Wildman–Crippen MR) is 158 cm³/mol. The summed E-state index contributed by atoms with van der Waals surface area (Å²) in [7, 11) is 0. The third-order valence-electron chi connectivity index (χ3n) is 7.50. The van der Waals surface area contributed by atoms with Crippen LogP contribution in [0.2, 0.25) is 5.02 Å². The van der Waals surface area contributed by atoms with Gasteiger partial charge in [0.05, 0.1) is 46.4 Å². The summed E-state index contributed by atoms with van der Waals surface area (Å²) in [4.78, 5) is 26.2. The quantitative estimate of drug-likeness (QED) is 0.230. The Bertz CT molecular complexity index is 1840. The molecular weight excluding hydrogens is 576 g/mol. The van der Waals surface area contributed by atoms with E-state index >= 15 is 0 Å². The maximum absolute atomic E-state index is 11.6. The number of thiazole rings is 1. The minimum absolute atomic E-state index is 0.0952. The molecule has 0 spiro atoms. The molecular formula is C31H25ClN4O5S. The van der Waals surface area contributed by atoms with E-state index in [9.17, 15) is 9.90 Å². The average molecular weight is 601 g/mol. The van der Waals surface area contributed by atoms with Crippen molar-refractivity contribution in [1.29, 1.82) is 0 Å². The fourth-order valence-corrected chi connectivity index (χ4v) is 6.08. The minimum Gasteiger partial charge on any atom is -0.478 e. The van der Waals surface area contributed by atoms with Gasteiger partial charge >= 0.3 is 5.97 Å². The van der Waals surface area contributed by atoms with E-state index in [1.165, 1.54) is 0 Å². The average Bonchev–Trinajstić information content (AvgIpc) is 3.71. The summed E-state index contributed by atoms with van der Waals surface area (Å²) in [5.74, 6) is 0.104. The molecule has 2 aliphatic rings. The lowest BCUT2D eigenvalue weighted by atomic mass is 9.99. The number of pyridine rings is 1. The highest BCUT2D eigenvalue weighted by Crippen LogP contribution is 2.48. The topological polar surface area (TPSA) is 109 Å². The fourth-order valence-electron chi connectivity index (χ4n) is 5.38. The molecule has 9 nitrogen and oxygen atoms in total. The van der Waals surface area contributed by atoms with Gasteiger partial charge in [-0.25, -0.2) is 9.78 Å². The van der Waals surface area contributed by atoms with E-state index in [0.29, 0.717) is 48.2 Å². The Morgan fingerprint density at radius 2 is 2.10 bits per heavy atom. The molecule has 0 unspecified atom stereocenters. The van der Waals surface area contributed by atoms with Crippen LogP contribution >= 0.6 is 22.9 Å². The Labute approximate surface area is 250 Å². The van der Waals surface area contributed by atoms with Crippen LogP contribution in [0.15, 0.2) is 72.5 Å². The van der Waals surface area contributed by atoms with Crippen LogP contribution in [-0.4, -0.2) is 43.3 Å². The monoisotopic (exact) mass is 600 g/mol. The number of carboxylic acids is 1. The molecule has 0 saturated heterocycles. The predicted octanol–water partition coefficient (Wildman–Crippen LogP) is 6.35. The Balaban J connectivity index is 1.13. The number of aromatic nitrogens is 4. The molecule has 11 heteroatoms. The summed E-state index contributed by atoms with van der Waals surface area (Å²) >= 11 is 7.58. The van der Waals surface area contributed by atoms with Gasteiger partial charge in [-0.1, -0.05) is 29.8 Å². The zero-order valence-electron chi connectivity index (χ0n) is 22.5. The van der Waals surface area contributed by atoms with E-state index < -0.39 is 11.8 Å². The highest BCUT2D eigenvalue weighted by molar-refractivity contribution is 7.09. The third kappa shape index (κ3) is 4.91. The van der Waals surface area contributed by atoms with Crippen LogP contribution in [0, 0.1) is 0 Å². The summed E-state index contributed by atoms with van der Waals surface area (Å²) in [5, 5.41) is 10.1. The van der Waals surface area contributed by atoms with Crippen LogP contribution in [0.5, 0.6) is 11.5 Å². The van der Waals surface area contributed by atoms with E-state index in [4.69, 9.17) is 30.8 Å². The van der Waals surface area contributed by atoms with E-state index in [2.05, 4.69) is 20.6 Å². The van der Waals surface area contributed by atoms with Gasteiger partial charge in [0.15, 0.2) is 11.5 Å². The Hall–Kier alpha value is -4.25. The molecule has 2 aliphatic heterocycles. The van der Waals surface area contributed by atoms with Crippen molar-refractivity contribution in [2.75, 3.05) is 6.61 Å². The standard InChI is InChI=1S/C31H25ClN4O5S/c1-31(27-10-7-20(32)13-34-27)40-26-4-2-3-23(29(26)41-31)19-5-8-21(39-16-19)12-28-35-24-9-6-18(30(37)38)11-25(24)36(28)15-22-14-33-17-42-22/h2-7,9-11,13-14,17,21H,8,12,15-16H2,1H3,(H,37,38)/t21-,31-/m0/s1. The van der Waals surface area contributed by atoms with Gasteiger partial charge in [0.2, 0.25) is 0 Å². The van der Waals surface area contributed by atoms with E-state index in [-0.39, 0.29) is 11.7 Å². The van der Waals surface area contributed by atoms with Crippen LogP contribution in [0.25, 0.3) is 16.6 Å². The number of nitrogens with zero attached hydrogens (tertiary/aromatic N) is 4. The summed E-state index contributed by atoms with van der Waals surface area (Å²) in [6.45, 7) is 2.80. The number of fused-ring (bicyclic) bond motifs is 2. The zero-order valence-corrected chi connectivity index (χ0v) is 24.1. The molecule has 3 aromatic heterocycles. The van der Waals surface area contributed by atoms with Gasteiger partial charge in [0.1, 0.15) is 11.5 Å². The van der Waals surface area contributed by atoms with Crippen molar-refractivity contribution in [3.63, 3.8) is 0 Å². The maximum atomic E-state index is 11.6. The van der Waals surface area contributed by atoms with Crippen LogP contribution in [0.4, 0.5) is 0 Å². The highest BCUT2D eigenvalue weighted by atomic mass is 35.5. The molecule has 5 heterocycles. The van der Waals surface area contributed by atoms with Gasteiger partial charge in [-0.2, -0.15) is 0 Å². The Morgan fingerprint density at radius 3 is 2.83 bits per heavy atom. The normalized spacial score (nSPS) is 19.7. The molecule has 0 fully saturated rings. The highest BCUT2D eigenvalue weighted by Gasteiger charge is 2.41. The lowest BCUT2D eigenvalue weighted by molar-refractivity contribution is -0.0719. The number of carboxylic acid groups (broad SMARTS) is 1. The Kier molecular flexibility index (Phi) is 6.69. The molecule has 42 heavy (non-hydrogen) atoms. The molecule has 5 aromatic rings. The maximum Gasteiger partial charge on any atom is 0.335 e. The second kappa shape index (κ2) is 10.5. The van der Waals surface area contributed by atoms with Crippen LogP contribution < -0.4 is 9.47 Å². The number of para-hydroxylation sites is 1. The molecule has 0 bridgehead atoms. The first kappa shape index (κ1) is 26.6. The minimum atomic E-state index is -1.07. The van der Waals surface area contributed by atoms with E-state index in [1.54, 1.807) is 53.4 Å². The van der Waals surface area contributed by atoms with Gasteiger partial charge in [0.25, 0.3) is 5.79 Å². The SMILES string of the molecule is C[C@]1(c2ccc(Cl)cn2)Oc2cccc(C3=CC[C@@H](Cc4nc5ccc(C(=O)O)cc5n4Cc4cncs4)OC3)c2O1. The van der Waals surface area contributed by atoms with Gasteiger partial charge < -0.3 is 23.9 Å². The molecule has 2 atom stereocenters. The summed E-state index contributed by atoms with van der Waals surface area (Å²) in [6, 6.07) is 14.4. The van der Waals surface area contributed by atoms with Crippen molar-refractivity contribution >= 4 is 45.5 Å². The molecule has 0 amide bonds. The zero-order chi connectivity index (χ0) is 28.8. The first-order valence-corrected chi connectivity index (χ1v) is 14.7. The number of ether oxygens (including phenoxy) is 3. The number of halogens is 1. The summed E-state index contributed by atoms with van der Waals surface area (Å²) in [5.41, 5.74) is 6.11. The number of hydrogen-bond donors (Lipinski definition) is 1. The number of benzene rings is 2. The molecule has 0 radical (unpaired) electrons. The second-order valence-electron chi connectivity index (χ2n) is 10.3. The molecule has 0 saturated carbocycles. The van der Waals surface area contributed by atoms with Crippen molar-refractivity contribution in [1.82, 2.24) is 19.5 Å². The third-order valence-corrected chi connectivity index (χ3v) is 8.49. The first-order chi connectivity index (χ1) is 20.4. The van der Waals surface area contributed by atoms with Crippen molar-refractivity contribution in [3.8, 4) is 11.5 Å². The van der Waals surface area contributed by atoms with Gasteiger partial charge in [-0.05, 0) is 48.4 Å². The molecule has 212 valence electrons. The van der Waals surface area contributed by atoms with E-state index in [1.807, 2.05) is 31.3 Å². The van der Waals surface area contributed by atoms with Crippen molar-refractivity contribution in [2.45, 2.75) is 38.2 Å². The smallest absolute Gasteiger partial charge is 0.335 e. The van der Waals surface area contributed by atoms with Crippen molar-refractivity contribution < 1.29 is 24.1 Å². The number of imidazole rings is 1. The summed E-state index contributed by atoms with van der Waals surface area (Å²) in [6.07, 6.45) is 6.75. The van der Waals surface area contributed by atoms with E-state index in [0.717, 1.165) is 32.9 Å². The molecule has 1 N–H and O–H groups in total. The Morgan fingerprint density at radius 1 is 1.19 bits per heavy atom. The van der Waals surface area contributed by atoms with Crippen LogP contribution in [0.3, 0.4) is 0 Å². The van der Waals surface area contributed by atoms with Gasteiger partial charge in [0, 0.05) is 36.2 Å². The number of rotatable bonds is 7. The number of aromatic carboxylic acids is 1. The van der Waals surface area contributed by atoms with Gasteiger partial charge in [-0.3, -0.25) is 9.97 Å². The number of carbonyl (C=O) groups is 1. The first-order valence-electron chi connectivity index (χ1n) is 13.4. The van der Waals surface area contributed by atoms with Crippen LogP contribution in [-0.2, 0) is 23.5 Å². The van der Waals surface area contributed by atoms with Crippen LogP contribution in [0.1, 0.15) is 45.7 Å². The molecule has 7 rings (SSSR count). The molecule has 2 aromatic carbocycles. The lowest BCUT2D eigenvalue weighted by Gasteiger charge is -2.24. The van der Waals surface area contributed by atoms with Crippen molar-refractivity contribution in [2.24, 2.45) is 0 Å². The fraction of sp³-hybridized carbons (Fsp3) is 0.226. The summed E-state index contributed by atoms with van der Waals surface area (Å²) < 4.78 is 21.0. The molecule has 0 aliphatic carbocycles. The van der Waals surface area contributed by atoms with Crippen molar-refractivity contribution in [3.05, 3.63) is 105 Å². The number of hydrogen-bond acceptors (Lipinski definition) is 8. The lowest BCUT2D eigenvalue weighted by Crippen LogP contribution is -2.32. The van der Waals surface area contributed by atoms with Gasteiger partial charge in [-0.15, -0.1) is 11.3 Å².